The molecule has 1 amide bonds. The molecule has 5 nitrogen and oxygen atoms in total. The van der Waals surface area contributed by atoms with Crippen LogP contribution in [0.3, 0.4) is 0 Å². The van der Waals surface area contributed by atoms with Gasteiger partial charge in [-0.25, -0.2) is 9.18 Å². The number of carbonyl (C=O) groups excluding carboxylic acids is 1. The van der Waals surface area contributed by atoms with Gasteiger partial charge in [0.1, 0.15) is 0 Å². The molecular weight excluding hydrogens is 239 g/mol. The molecule has 1 heterocycles. The molecule has 0 aliphatic carbocycles. The Bertz CT molecular complexity index is 433. The third-order valence-electron chi connectivity index (χ3n) is 2.75. The van der Waals surface area contributed by atoms with Gasteiger partial charge in [0, 0.05) is 25.2 Å². The van der Waals surface area contributed by atoms with Crippen LogP contribution >= 0.6 is 0 Å². The van der Waals surface area contributed by atoms with Gasteiger partial charge < -0.3 is 15.2 Å². The molecule has 0 aromatic heterocycles. The van der Waals surface area contributed by atoms with Crippen molar-refractivity contribution in [2.24, 2.45) is 5.73 Å². The molecule has 6 heteroatoms. The van der Waals surface area contributed by atoms with Gasteiger partial charge in [0.05, 0.1) is 13.2 Å². The summed E-state index contributed by atoms with van der Waals surface area (Å²) in [7, 11) is 0. The van der Waals surface area contributed by atoms with Crippen molar-refractivity contribution in [3.8, 4) is 5.75 Å². The number of hydrogen-bond donors (Lipinski definition) is 1. The molecule has 0 radical (unpaired) electrons. The predicted octanol–water partition coefficient (Wildman–Crippen LogP) is 1.12. The topological polar surface area (TPSA) is 64.8 Å². The van der Waals surface area contributed by atoms with Gasteiger partial charge >= 0.3 is 6.09 Å². The van der Waals surface area contributed by atoms with E-state index in [1.165, 1.54) is 6.07 Å². The molecule has 1 saturated heterocycles. The first-order chi connectivity index (χ1) is 8.66. The van der Waals surface area contributed by atoms with Gasteiger partial charge in [0.25, 0.3) is 0 Å². The average molecular weight is 254 g/mol. The largest absolute Gasteiger partial charge is 0.410 e. The summed E-state index contributed by atoms with van der Waals surface area (Å²) in [5.74, 6) is -0.670. The number of halogens is 1. The quantitative estimate of drug-likeness (QED) is 0.877. The molecule has 0 unspecified atom stereocenters. The van der Waals surface area contributed by atoms with E-state index < -0.39 is 11.9 Å². The van der Waals surface area contributed by atoms with Crippen molar-refractivity contribution in [2.45, 2.75) is 6.54 Å². The zero-order valence-corrected chi connectivity index (χ0v) is 9.89. The highest BCUT2D eigenvalue weighted by atomic mass is 19.1. The third kappa shape index (κ3) is 3.18. The number of rotatable bonds is 3. The van der Waals surface area contributed by atoms with Crippen LogP contribution in [-0.2, 0) is 11.3 Å². The van der Waals surface area contributed by atoms with Gasteiger partial charge in [-0.3, -0.25) is 4.90 Å². The number of primary amides is 1. The van der Waals surface area contributed by atoms with Crippen LogP contribution < -0.4 is 10.5 Å². The van der Waals surface area contributed by atoms with Crippen LogP contribution in [0.4, 0.5) is 9.18 Å². The number of nitrogens with two attached hydrogens (primary N) is 1. The van der Waals surface area contributed by atoms with E-state index in [1.807, 2.05) is 0 Å². The molecule has 0 spiro atoms. The summed E-state index contributed by atoms with van der Waals surface area (Å²) in [6.45, 7) is 3.30. The Morgan fingerprint density at radius 1 is 1.44 bits per heavy atom. The van der Waals surface area contributed by atoms with Crippen LogP contribution in [0.2, 0.25) is 0 Å². The summed E-state index contributed by atoms with van der Waals surface area (Å²) < 4.78 is 23.8. The van der Waals surface area contributed by atoms with E-state index >= 15 is 0 Å². The molecule has 1 fully saturated rings. The normalized spacial score (nSPS) is 16.5. The molecule has 1 aliphatic heterocycles. The Morgan fingerprint density at radius 2 is 2.17 bits per heavy atom. The summed E-state index contributed by atoms with van der Waals surface area (Å²) in [5, 5.41) is 0. The third-order valence-corrected chi connectivity index (χ3v) is 2.75. The molecular formula is C12H15FN2O3. The number of benzene rings is 1. The molecule has 1 aromatic rings. The summed E-state index contributed by atoms with van der Waals surface area (Å²) in [5.41, 5.74) is 5.36. The molecule has 0 bridgehead atoms. The van der Waals surface area contributed by atoms with E-state index in [-0.39, 0.29) is 5.75 Å². The Hall–Kier alpha value is -1.66. The lowest BCUT2D eigenvalue weighted by Gasteiger charge is -2.26. The first-order valence-corrected chi connectivity index (χ1v) is 5.71. The maximum absolute atomic E-state index is 14.0. The molecule has 0 atom stereocenters. The van der Waals surface area contributed by atoms with Crippen molar-refractivity contribution in [3.63, 3.8) is 0 Å². The van der Waals surface area contributed by atoms with Crippen LogP contribution in [0, 0.1) is 5.82 Å². The van der Waals surface area contributed by atoms with Crippen LogP contribution in [0.25, 0.3) is 0 Å². The highest BCUT2D eigenvalue weighted by molar-refractivity contribution is 5.68. The minimum Gasteiger partial charge on any atom is -0.407 e. The van der Waals surface area contributed by atoms with Crippen LogP contribution in [0.15, 0.2) is 18.2 Å². The van der Waals surface area contributed by atoms with E-state index in [0.29, 0.717) is 25.3 Å². The molecule has 1 aliphatic rings. The van der Waals surface area contributed by atoms with Crippen molar-refractivity contribution < 1.29 is 18.7 Å². The summed E-state index contributed by atoms with van der Waals surface area (Å²) >= 11 is 0. The molecule has 2 N–H and O–H groups in total. The summed E-state index contributed by atoms with van der Waals surface area (Å²) in [4.78, 5) is 12.7. The number of ether oxygens (including phenoxy) is 2. The number of hydrogen-bond acceptors (Lipinski definition) is 4. The maximum Gasteiger partial charge on any atom is 0.410 e. The van der Waals surface area contributed by atoms with Gasteiger partial charge in [0.2, 0.25) is 0 Å². The van der Waals surface area contributed by atoms with Crippen LogP contribution in [0.5, 0.6) is 5.75 Å². The highest BCUT2D eigenvalue weighted by Gasteiger charge is 2.16. The highest BCUT2D eigenvalue weighted by Crippen LogP contribution is 2.22. The van der Waals surface area contributed by atoms with Gasteiger partial charge in [0.15, 0.2) is 11.6 Å². The van der Waals surface area contributed by atoms with Crippen molar-refractivity contribution in [3.05, 3.63) is 29.6 Å². The van der Waals surface area contributed by atoms with E-state index in [4.69, 9.17) is 10.5 Å². The molecule has 18 heavy (non-hydrogen) atoms. The Balaban J connectivity index is 2.09. The summed E-state index contributed by atoms with van der Waals surface area (Å²) in [6, 6.07) is 4.68. The first kappa shape index (κ1) is 12.8. The van der Waals surface area contributed by atoms with E-state index in [9.17, 15) is 9.18 Å². The monoisotopic (exact) mass is 254 g/mol. The van der Waals surface area contributed by atoms with Crippen molar-refractivity contribution in [2.75, 3.05) is 26.3 Å². The zero-order chi connectivity index (χ0) is 13.0. The first-order valence-electron chi connectivity index (χ1n) is 5.71. The lowest BCUT2D eigenvalue weighted by atomic mass is 10.2. The fourth-order valence-electron chi connectivity index (χ4n) is 1.87. The Kier molecular flexibility index (Phi) is 4.11. The van der Waals surface area contributed by atoms with Crippen molar-refractivity contribution in [1.82, 2.24) is 4.90 Å². The van der Waals surface area contributed by atoms with Gasteiger partial charge in [-0.15, -0.1) is 0 Å². The minimum absolute atomic E-state index is 0.131. The molecule has 2 rings (SSSR count). The SMILES string of the molecule is NC(=O)Oc1cccc(CN2CCOCC2)c1F. The standard InChI is InChI=1S/C12H15FN2O3/c13-11-9(8-15-4-6-17-7-5-15)2-1-3-10(11)18-12(14)16/h1-3H,4-8H2,(H2,14,16). The molecule has 0 saturated carbocycles. The fraction of sp³-hybridized carbons (Fsp3) is 0.417. The van der Waals surface area contributed by atoms with Crippen molar-refractivity contribution in [1.29, 1.82) is 0 Å². The van der Waals surface area contributed by atoms with E-state index in [2.05, 4.69) is 9.64 Å². The second-order valence-electron chi connectivity index (χ2n) is 4.04. The fourth-order valence-corrected chi connectivity index (χ4v) is 1.87. The summed E-state index contributed by atoms with van der Waals surface area (Å²) in [6.07, 6.45) is -1.02. The predicted molar refractivity (Wildman–Crippen MR) is 62.7 cm³/mol. The second kappa shape index (κ2) is 5.79. The number of carbonyl (C=O) groups is 1. The lowest BCUT2D eigenvalue weighted by Crippen LogP contribution is -2.35. The van der Waals surface area contributed by atoms with Gasteiger partial charge in [-0.2, -0.15) is 0 Å². The molecule has 98 valence electrons. The van der Waals surface area contributed by atoms with Crippen LogP contribution in [0.1, 0.15) is 5.56 Å². The van der Waals surface area contributed by atoms with E-state index in [1.54, 1.807) is 12.1 Å². The number of morpholine rings is 1. The average Bonchev–Trinajstić information content (AvgIpc) is 2.35. The minimum atomic E-state index is -1.02. The van der Waals surface area contributed by atoms with Crippen molar-refractivity contribution >= 4 is 6.09 Å². The smallest absolute Gasteiger partial charge is 0.407 e. The number of nitrogens with zero attached hydrogens (tertiary/aromatic N) is 1. The zero-order valence-electron chi connectivity index (χ0n) is 9.89. The Morgan fingerprint density at radius 3 is 2.83 bits per heavy atom. The second-order valence-corrected chi connectivity index (χ2v) is 4.04. The Labute approximate surface area is 104 Å². The van der Waals surface area contributed by atoms with E-state index in [0.717, 1.165) is 13.1 Å². The maximum atomic E-state index is 14.0. The number of amides is 1. The lowest BCUT2D eigenvalue weighted by molar-refractivity contribution is 0.0337. The van der Waals surface area contributed by atoms with Gasteiger partial charge in [-0.1, -0.05) is 12.1 Å². The van der Waals surface area contributed by atoms with Crippen LogP contribution in [-0.4, -0.2) is 37.3 Å². The van der Waals surface area contributed by atoms with Gasteiger partial charge in [-0.05, 0) is 6.07 Å². The molecule has 1 aromatic carbocycles.